The van der Waals surface area contributed by atoms with Gasteiger partial charge in [-0.15, -0.1) is 0 Å². The monoisotopic (exact) mass is 305 g/mol. The number of halogens is 1. The van der Waals surface area contributed by atoms with E-state index >= 15 is 0 Å². The summed E-state index contributed by atoms with van der Waals surface area (Å²) in [5.74, 6) is 0.424. The third-order valence-electron chi connectivity index (χ3n) is 2.04. The smallest absolute Gasteiger partial charge is 0.154 e. The van der Waals surface area contributed by atoms with Gasteiger partial charge in [0.25, 0.3) is 0 Å². The summed E-state index contributed by atoms with van der Waals surface area (Å²) in [5.41, 5.74) is 6.97. The molecule has 0 amide bonds. The number of nitrogen functional groups attached to an aromatic ring is 1. The van der Waals surface area contributed by atoms with Crippen molar-refractivity contribution in [1.82, 2.24) is 0 Å². The van der Waals surface area contributed by atoms with E-state index in [1.54, 1.807) is 18.2 Å². The molecule has 0 saturated heterocycles. The number of sulfone groups is 1. The first-order valence-electron chi connectivity index (χ1n) is 5.04. The molecule has 0 unspecified atom stereocenters. The molecule has 0 aliphatic carbocycles. The number of anilines is 1. The Balaban J connectivity index is 2.88. The Morgan fingerprint density at radius 2 is 2.00 bits per heavy atom. The second-order valence-electron chi connectivity index (χ2n) is 4.30. The Bertz CT molecular complexity index is 469. The summed E-state index contributed by atoms with van der Waals surface area (Å²) in [5, 5.41) is 0. The molecule has 0 aromatic heterocycles. The molecule has 5 heteroatoms. The van der Waals surface area contributed by atoms with Crippen LogP contribution < -0.4 is 5.73 Å². The Labute approximate surface area is 105 Å². The zero-order valence-corrected chi connectivity index (χ0v) is 11.8. The van der Waals surface area contributed by atoms with Crippen LogP contribution >= 0.6 is 15.9 Å². The highest BCUT2D eigenvalue weighted by Crippen LogP contribution is 2.22. The zero-order chi connectivity index (χ0) is 12.3. The fraction of sp³-hybridized carbons (Fsp3) is 0.455. The van der Waals surface area contributed by atoms with Gasteiger partial charge in [-0.3, -0.25) is 0 Å². The summed E-state index contributed by atoms with van der Waals surface area (Å²) in [4.78, 5) is 0. The predicted octanol–water partition coefficient (Wildman–Crippen LogP) is 2.60. The average molecular weight is 306 g/mol. The number of hydrogen-bond acceptors (Lipinski definition) is 3. The standard InChI is InChI=1S/C11H16BrNO2S/c1-8(2)6-16(14,15)7-9-3-4-10(13)5-11(9)12/h3-5,8H,6-7,13H2,1-2H3. The van der Waals surface area contributed by atoms with E-state index in [0.717, 1.165) is 10.0 Å². The van der Waals surface area contributed by atoms with Crippen molar-refractivity contribution >= 4 is 31.5 Å². The molecule has 0 spiro atoms. The van der Waals surface area contributed by atoms with Crippen LogP contribution in [0.4, 0.5) is 5.69 Å². The van der Waals surface area contributed by atoms with Gasteiger partial charge in [0.1, 0.15) is 0 Å². The second-order valence-corrected chi connectivity index (χ2v) is 7.26. The third kappa shape index (κ3) is 4.14. The molecule has 0 fully saturated rings. The molecule has 90 valence electrons. The van der Waals surface area contributed by atoms with Gasteiger partial charge in [-0.1, -0.05) is 35.8 Å². The van der Waals surface area contributed by atoms with Crippen LogP contribution in [0.3, 0.4) is 0 Å². The van der Waals surface area contributed by atoms with Crippen molar-refractivity contribution in [2.75, 3.05) is 11.5 Å². The van der Waals surface area contributed by atoms with E-state index < -0.39 is 9.84 Å². The summed E-state index contributed by atoms with van der Waals surface area (Å²) in [6, 6.07) is 5.18. The lowest BCUT2D eigenvalue weighted by Gasteiger charge is -2.09. The topological polar surface area (TPSA) is 60.2 Å². The lowest BCUT2D eigenvalue weighted by Crippen LogP contribution is -2.14. The Morgan fingerprint density at radius 1 is 1.38 bits per heavy atom. The maximum Gasteiger partial charge on any atom is 0.154 e. The van der Waals surface area contributed by atoms with Gasteiger partial charge in [0.15, 0.2) is 9.84 Å². The summed E-state index contributed by atoms with van der Waals surface area (Å²) in [6.07, 6.45) is 0. The quantitative estimate of drug-likeness (QED) is 0.870. The average Bonchev–Trinajstić information content (AvgIpc) is 2.07. The number of hydrogen-bond donors (Lipinski definition) is 1. The molecule has 2 N–H and O–H groups in total. The number of nitrogens with two attached hydrogens (primary N) is 1. The Kier molecular flexibility index (Phi) is 4.38. The van der Waals surface area contributed by atoms with Gasteiger partial charge >= 0.3 is 0 Å². The molecule has 0 aliphatic rings. The van der Waals surface area contributed by atoms with Gasteiger partial charge in [0, 0.05) is 10.2 Å². The highest BCUT2D eigenvalue weighted by atomic mass is 79.9. The predicted molar refractivity (Wildman–Crippen MR) is 70.9 cm³/mol. The van der Waals surface area contributed by atoms with Crippen LogP contribution in [-0.4, -0.2) is 14.2 Å². The van der Waals surface area contributed by atoms with Crippen LogP contribution in [0, 0.1) is 5.92 Å². The summed E-state index contributed by atoms with van der Waals surface area (Å²) >= 11 is 3.32. The van der Waals surface area contributed by atoms with Gasteiger partial charge in [-0.2, -0.15) is 0 Å². The van der Waals surface area contributed by atoms with E-state index in [9.17, 15) is 8.42 Å². The highest BCUT2D eigenvalue weighted by Gasteiger charge is 2.15. The minimum absolute atomic E-state index is 0.0616. The molecular formula is C11H16BrNO2S. The van der Waals surface area contributed by atoms with E-state index in [4.69, 9.17) is 5.73 Å². The van der Waals surface area contributed by atoms with Crippen molar-refractivity contribution in [2.24, 2.45) is 5.92 Å². The molecule has 3 nitrogen and oxygen atoms in total. The molecule has 1 rings (SSSR count). The molecule has 1 aromatic rings. The number of benzene rings is 1. The maximum absolute atomic E-state index is 11.8. The van der Waals surface area contributed by atoms with E-state index in [2.05, 4.69) is 15.9 Å². The molecule has 16 heavy (non-hydrogen) atoms. The zero-order valence-electron chi connectivity index (χ0n) is 9.40. The Morgan fingerprint density at radius 3 is 2.50 bits per heavy atom. The van der Waals surface area contributed by atoms with Crippen LogP contribution in [-0.2, 0) is 15.6 Å². The highest BCUT2D eigenvalue weighted by molar-refractivity contribution is 9.10. The second kappa shape index (κ2) is 5.19. The first-order valence-corrected chi connectivity index (χ1v) is 7.66. The molecule has 0 saturated carbocycles. The van der Waals surface area contributed by atoms with Crippen molar-refractivity contribution in [3.05, 3.63) is 28.2 Å². The van der Waals surface area contributed by atoms with Gasteiger partial charge in [0.2, 0.25) is 0 Å². The van der Waals surface area contributed by atoms with Crippen molar-refractivity contribution in [1.29, 1.82) is 0 Å². The van der Waals surface area contributed by atoms with Crippen LogP contribution in [0.25, 0.3) is 0 Å². The van der Waals surface area contributed by atoms with Gasteiger partial charge < -0.3 is 5.73 Å². The normalized spacial score (nSPS) is 12.0. The maximum atomic E-state index is 11.8. The summed E-state index contributed by atoms with van der Waals surface area (Å²) < 4.78 is 24.3. The van der Waals surface area contributed by atoms with Crippen LogP contribution in [0.2, 0.25) is 0 Å². The van der Waals surface area contributed by atoms with E-state index in [0.29, 0.717) is 5.69 Å². The van der Waals surface area contributed by atoms with Crippen LogP contribution in [0.15, 0.2) is 22.7 Å². The molecule has 0 aliphatic heterocycles. The molecule has 0 bridgehead atoms. The lowest BCUT2D eigenvalue weighted by atomic mass is 10.2. The molecule has 0 heterocycles. The van der Waals surface area contributed by atoms with Crippen molar-refractivity contribution < 1.29 is 8.42 Å². The van der Waals surface area contributed by atoms with Crippen LogP contribution in [0.1, 0.15) is 19.4 Å². The van der Waals surface area contributed by atoms with Gasteiger partial charge in [0.05, 0.1) is 11.5 Å². The first kappa shape index (κ1) is 13.5. The van der Waals surface area contributed by atoms with E-state index in [1.165, 1.54) is 0 Å². The minimum Gasteiger partial charge on any atom is -0.399 e. The minimum atomic E-state index is -3.04. The van der Waals surface area contributed by atoms with Crippen LogP contribution in [0.5, 0.6) is 0 Å². The molecule has 1 aromatic carbocycles. The first-order chi connectivity index (χ1) is 7.30. The fourth-order valence-electron chi connectivity index (χ4n) is 1.48. The largest absolute Gasteiger partial charge is 0.399 e. The van der Waals surface area contributed by atoms with E-state index in [-0.39, 0.29) is 17.4 Å². The van der Waals surface area contributed by atoms with Crippen molar-refractivity contribution in [2.45, 2.75) is 19.6 Å². The molecule has 0 atom stereocenters. The van der Waals surface area contributed by atoms with Crippen molar-refractivity contribution in [3.8, 4) is 0 Å². The van der Waals surface area contributed by atoms with Crippen molar-refractivity contribution in [3.63, 3.8) is 0 Å². The molecular weight excluding hydrogens is 290 g/mol. The fourth-order valence-corrected chi connectivity index (χ4v) is 4.07. The summed E-state index contributed by atoms with van der Waals surface area (Å²) in [7, 11) is -3.04. The lowest BCUT2D eigenvalue weighted by molar-refractivity contribution is 0.581. The van der Waals surface area contributed by atoms with Gasteiger partial charge in [-0.25, -0.2) is 8.42 Å². The SMILES string of the molecule is CC(C)CS(=O)(=O)Cc1ccc(N)cc1Br. The summed E-state index contributed by atoms with van der Waals surface area (Å²) in [6.45, 7) is 3.80. The third-order valence-corrected chi connectivity index (χ3v) is 4.70. The molecule has 0 radical (unpaired) electrons. The van der Waals surface area contributed by atoms with E-state index in [1.807, 2.05) is 13.8 Å². The Hall–Kier alpha value is -0.550. The van der Waals surface area contributed by atoms with Gasteiger partial charge in [-0.05, 0) is 23.6 Å². The number of rotatable bonds is 4.